The van der Waals surface area contributed by atoms with E-state index in [2.05, 4.69) is 39.8 Å². The van der Waals surface area contributed by atoms with Gasteiger partial charge in [0.15, 0.2) is 0 Å². The third kappa shape index (κ3) is 6.21. The molecule has 1 aliphatic rings. The fourth-order valence-electron chi connectivity index (χ4n) is 2.52. The Morgan fingerprint density at radius 1 is 1.12 bits per heavy atom. The van der Waals surface area contributed by atoms with Crippen LogP contribution < -0.4 is 0 Å². The molecule has 1 saturated heterocycles. The molecule has 1 rings (SSSR count). The quantitative estimate of drug-likeness (QED) is 0.526. The molecule has 1 heterocycles. The number of likely N-dealkylation sites (tertiary alicyclic amines) is 1. The van der Waals surface area contributed by atoms with Crippen molar-refractivity contribution in [2.45, 2.75) is 32.1 Å². The van der Waals surface area contributed by atoms with Crippen molar-refractivity contribution in [3.05, 3.63) is 0 Å². The molecule has 0 aromatic heterocycles. The van der Waals surface area contributed by atoms with Gasteiger partial charge < -0.3 is 9.80 Å². The van der Waals surface area contributed by atoms with Crippen LogP contribution in [0.25, 0.3) is 0 Å². The first-order valence-electron chi connectivity index (χ1n) is 6.65. The second-order valence-electron chi connectivity index (χ2n) is 5.30. The van der Waals surface area contributed by atoms with Crippen LogP contribution in [-0.2, 0) is 0 Å². The number of hydrogen-bond donors (Lipinski definition) is 0. The Kier molecular flexibility index (Phi) is 7.67. The lowest BCUT2D eigenvalue weighted by atomic mass is 9.96. The van der Waals surface area contributed by atoms with E-state index in [1.807, 2.05) is 0 Å². The highest BCUT2D eigenvalue weighted by Gasteiger charge is 2.18. The molecule has 0 amide bonds. The molecule has 96 valence electrons. The van der Waals surface area contributed by atoms with Gasteiger partial charge in [-0.3, -0.25) is 0 Å². The Morgan fingerprint density at radius 2 is 1.81 bits per heavy atom. The monoisotopic (exact) mass is 290 g/mol. The third-order valence-corrected chi connectivity index (χ3v) is 4.00. The predicted molar refractivity (Wildman–Crippen MR) is 75.4 cm³/mol. The molecule has 0 N–H and O–H groups in total. The highest BCUT2D eigenvalue weighted by molar-refractivity contribution is 9.09. The summed E-state index contributed by atoms with van der Waals surface area (Å²) >= 11 is 3.49. The molecule has 0 aromatic carbocycles. The number of alkyl halides is 1. The average Bonchev–Trinajstić information content (AvgIpc) is 2.26. The Bertz CT molecular complexity index is 165. The number of nitrogens with zero attached hydrogens (tertiary/aromatic N) is 2. The minimum atomic E-state index is 0.939. The maximum absolute atomic E-state index is 3.49. The van der Waals surface area contributed by atoms with Crippen LogP contribution in [0.1, 0.15) is 32.1 Å². The third-order valence-electron chi connectivity index (χ3n) is 3.44. The van der Waals surface area contributed by atoms with Gasteiger partial charge >= 0.3 is 0 Å². The second kappa shape index (κ2) is 8.48. The highest BCUT2D eigenvalue weighted by Crippen LogP contribution is 2.18. The van der Waals surface area contributed by atoms with E-state index in [0.29, 0.717) is 0 Å². The molecular formula is C13H27BrN2. The smallest absolute Gasteiger partial charge is 0.00313 e. The summed E-state index contributed by atoms with van der Waals surface area (Å²) < 4.78 is 0. The van der Waals surface area contributed by atoms with Crippen molar-refractivity contribution in [3.8, 4) is 0 Å². The van der Waals surface area contributed by atoms with Crippen molar-refractivity contribution < 1.29 is 0 Å². The molecule has 1 fully saturated rings. The normalized spacial score (nSPS) is 19.5. The Hall–Kier alpha value is 0.400. The Morgan fingerprint density at radius 3 is 2.38 bits per heavy atom. The molecule has 0 unspecified atom stereocenters. The van der Waals surface area contributed by atoms with E-state index >= 15 is 0 Å². The maximum Gasteiger partial charge on any atom is 0.00313 e. The highest BCUT2D eigenvalue weighted by atomic mass is 79.9. The summed E-state index contributed by atoms with van der Waals surface area (Å²) in [6.45, 7) is 5.25. The van der Waals surface area contributed by atoms with E-state index in [1.165, 1.54) is 58.3 Å². The van der Waals surface area contributed by atoms with Gasteiger partial charge in [0, 0.05) is 11.9 Å². The first-order valence-corrected chi connectivity index (χ1v) is 7.77. The summed E-state index contributed by atoms with van der Waals surface area (Å²) in [6.07, 6.45) is 6.89. The fraction of sp³-hybridized carbons (Fsp3) is 1.00. The van der Waals surface area contributed by atoms with Crippen LogP contribution in [0.4, 0.5) is 0 Å². The van der Waals surface area contributed by atoms with Gasteiger partial charge in [-0.1, -0.05) is 22.4 Å². The molecule has 0 radical (unpaired) electrons. The molecule has 3 heteroatoms. The Labute approximate surface area is 109 Å². The van der Waals surface area contributed by atoms with Crippen LogP contribution in [0.15, 0.2) is 0 Å². The van der Waals surface area contributed by atoms with Crippen LogP contribution in [-0.4, -0.2) is 55.4 Å². The lowest BCUT2D eigenvalue weighted by Gasteiger charge is -2.33. The SMILES string of the molecule is CN(C)CC1CCN(CCCCCBr)CC1. The zero-order chi connectivity index (χ0) is 11.8. The van der Waals surface area contributed by atoms with Crippen molar-refractivity contribution >= 4 is 15.9 Å². The lowest BCUT2D eigenvalue weighted by Crippen LogP contribution is -2.37. The van der Waals surface area contributed by atoms with E-state index < -0.39 is 0 Å². The van der Waals surface area contributed by atoms with Crippen LogP contribution in [0, 0.1) is 5.92 Å². The fourth-order valence-corrected chi connectivity index (χ4v) is 2.91. The molecular weight excluding hydrogens is 264 g/mol. The topological polar surface area (TPSA) is 6.48 Å². The summed E-state index contributed by atoms with van der Waals surface area (Å²) in [7, 11) is 4.37. The van der Waals surface area contributed by atoms with Crippen LogP contribution >= 0.6 is 15.9 Å². The predicted octanol–water partition coefficient (Wildman–Crippen LogP) is 2.83. The molecule has 0 saturated carbocycles. The summed E-state index contributed by atoms with van der Waals surface area (Å²) in [5, 5.41) is 1.16. The number of piperidine rings is 1. The number of hydrogen-bond acceptors (Lipinski definition) is 2. The Balaban J connectivity index is 2.03. The minimum Gasteiger partial charge on any atom is -0.309 e. The van der Waals surface area contributed by atoms with E-state index in [0.717, 1.165) is 11.2 Å². The zero-order valence-corrected chi connectivity index (χ0v) is 12.5. The first kappa shape index (κ1) is 14.5. The van der Waals surface area contributed by atoms with Gasteiger partial charge in [0.2, 0.25) is 0 Å². The molecule has 2 nitrogen and oxygen atoms in total. The number of halogens is 1. The van der Waals surface area contributed by atoms with Crippen molar-refractivity contribution in [3.63, 3.8) is 0 Å². The largest absolute Gasteiger partial charge is 0.309 e. The average molecular weight is 291 g/mol. The molecule has 16 heavy (non-hydrogen) atoms. The number of rotatable bonds is 7. The molecule has 0 atom stereocenters. The van der Waals surface area contributed by atoms with Gasteiger partial charge in [-0.2, -0.15) is 0 Å². The standard InChI is InChI=1S/C13H27BrN2/c1-15(2)12-13-6-10-16(11-7-13)9-5-3-4-8-14/h13H,3-12H2,1-2H3. The summed E-state index contributed by atoms with van der Waals surface area (Å²) in [5.74, 6) is 0.939. The van der Waals surface area contributed by atoms with Gasteiger partial charge in [0.1, 0.15) is 0 Å². The second-order valence-corrected chi connectivity index (χ2v) is 6.09. The van der Waals surface area contributed by atoms with Crippen LogP contribution in [0.5, 0.6) is 0 Å². The molecule has 0 aliphatic carbocycles. The van der Waals surface area contributed by atoms with Crippen LogP contribution in [0.2, 0.25) is 0 Å². The molecule has 1 aliphatic heterocycles. The van der Waals surface area contributed by atoms with Gasteiger partial charge in [0.25, 0.3) is 0 Å². The lowest BCUT2D eigenvalue weighted by molar-refractivity contribution is 0.160. The number of unbranched alkanes of at least 4 members (excludes halogenated alkanes) is 2. The van der Waals surface area contributed by atoms with E-state index in [-0.39, 0.29) is 0 Å². The van der Waals surface area contributed by atoms with Crippen molar-refractivity contribution in [1.82, 2.24) is 9.80 Å². The van der Waals surface area contributed by atoms with E-state index in [1.54, 1.807) is 0 Å². The molecule has 0 aromatic rings. The zero-order valence-electron chi connectivity index (χ0n) is 10.9. The summed E-state index contributed by atoms with van der Waals surface area (Å²) in [5.41, 5.74) is 0. The molecule has 0 spiro atoms. The van der Waals surface area contributed by atoms with Gasteiger partial charge in [-0.05, 0) is 65.3 Å². The van der Waals surface area contributed by atoms with E-state index in [9.17, 15) is 0 Å². The summed E-state index contributed by atoms with van der Waals surface area (Å²) in [4.78, 5) is 4.98. The van der Waals surface area contributed by atoms with Crippen molar-refractivity contribution in [2.24, 2.45) is 5.92 Å². The first-order chi connectivity index (χ1) is 7.72. The van der Waals surface area contributed by atoms with E-state index in [4.69, 9.17) is 0 Å². The van der Waals surface area contributed by atoms with Crippen molar-refractivity contribution in [1.29, 1.82) is 0 Å². The van der Waals surface area contributed by atoms with Crippen molar-refractivity contribution in [2.75, 3.05) is 45.6 Å². The summed E-state index contributed by atoms with van der Waals surface area (Å²) in [6, 6.07) is 0. The van der Waals surface area contributed by atoms with Crippen LogP contribution in [0.3, 0.4) is 0 Å². The maximum atomic E-state index is 3.49. The molecule has 0 bridgehead atoms. The minimum absolute atomic E-state index is 0.939. The van der Waals surface area contributed by atoms with Gasteiger partial charge in [-0.15, -0.1) is 0 Å². The van der Waals surface area contributed by atoms with Gasteiger partial charge in [0.05, 0.1) is 0 Å². The van der Waals surface area contributed by atoms with Gasteiger partial charge in [-0.25, -0.2) is 0 Å².